The van der Waals surface area contributed by atoms with Crippen molar-refractivity contribution in [2.45, 2.75) is 6.55 Å². The van der Waals surface area contributed by atoms with Crippen molar-refractivity contribution in [2.75, 3.05) is 0 Å². The van der Waals surface area contributed by atoms with Crippen LogP contribution < -0.4 is 9.69 Å². The van der Waals surface area contributed by atoms with Gasteiger partial charge in [0, 0.05) is 14.6 Å². The van der Waals surface area contributed by atoms with Gasteiger partial charge in [-0.25, -0.2) is 0 Å². The van der Waals surface area contributed by atoms with E-state index in [9.17, 15) is 0 Å². The molecule has 23 heavy (non-hydrogen) atoms. The van der Waals surface area contributed by atoms with Gasteiger partial charge in [0.25, 0.3) is 0 Å². The fourth-order valence-electron chi connectivity index (χ4n) is 3.02. The van der Waals surface area contributed by atoms with Gasteiger partial charge in [-0.05, 0) is 17.2 Å². The highest BCUT2D eigenvalue weighted by atomic mass is 32.1. The largest absolute Gasteiger partial charge is 0.144 e. The van der Waals surface area contributed by atoms with E-state index in [2.05, 4.69) is 91.5 Å². The van der Waals surface area contributed by atoms with E-state index in [1.54, 1.807) is 4.50 Å². The molecule has 0 aliphatic carbocycles. The monoisotopic (exact) mass is 329 g/mol. The molecule has 2 heteroatoms. The second-order valence-corrected chi connectivity index (χ2v) is 9.40. The Morgan fingerprint density at radius 1 is 0.696 bits per heavy atom. The van der Waals surface area contributed by atoms with Crippen LogP contribution in [0.25, 0.3) is 21.2 Å². The molecular formula is C21H17SSi. The molecule has 1 radical (unpaired) electrons. The van der Waals surface area contributed by atoms with E-state index >= 15 is 0 Å². The van der Waals surface area contributed by atoms with Gasteiger partial charge in [0.15, 0.2) is 0 Å². The molecule has 0 saturated carbocycles. The van der Waals surface area contributed by atoms with E-state index in [-0.39, 0.29) is 0 Å². The predicted octanol–water partition coefficient (Wildman–Crippen LogP) is 4.81. The zero-order valence-corrected chi connectivity index (χ0v) is 14.8. The Morgan fingerprint density at radius 2 is 1.30 bits per heavy atom. The van der Waals surface area contributed by atoms with E-state index in [4.69, 9.17) is 0 Å². The molecule has 0 fully saturated rings. The first-order valence-electron chi connectivity index (χ1n) is 7.81. The summed E-state index contributed by atoms with van der Waals surface area (Å²) >= 11 is 1.97. The van der Waals surface area contributed by atoms with Gasteiger partial charge < -0.3 is 0 Å². The summed E-state index contributed by atoms with van der Waals surface area (Å²) in [5.74, 6) is 0. The van der Waals surface area contributed by atoms with Gasteiger partial charge in [-0.3, -0.25) is 0 Å². The fraction of sp³-hybridized carbons (Fsp3) is 0.0476. The Morgan fingerprint density at radius 3 is 2.04 bits per heavy atom. The lowest BCUT2D eigenvalue weighted by molar-refractivity contribution is 1.69. The van der Waals surface area contributed by atoms with Crippen LogP contribution in [0.5, 0.6) is 0 Å². The SMILES string of the molecule is C[Si](c1ccccc1)c1sc2ccccc2c1-c1ccccc1. The summed E-state index contributed by atoms with van der Waals surface area (Å²) in [7, 11) is -0.764. The summed E-state index contributed by atoms with van der Waals surface area (Å²) < 4.78 is 2.94. The third-order valence-electron chi connectivity index (χ3n) is 4.21. The summed E-state index contributed by atoms with van der Waals surface area (Å²) in [5.41, 5.74) is 2.77. The molecule has 0 atom stereocenters. The van der Waals surface area contributed by atoms with Gasteiger partial charge in [-0.2, -0.15) is 0 Å². The minimum Gasteiger partial charge on any atom is -0.144 e. The normalized spacial score (nSPS) is 11.2. The number of benzene rings is 3. The summed E-state index contributed by atoms with van der Waals surface area (Å²) in [6, 6.07) is 30.6. The van der Waals surface area contributed by atoms with Crippen molar-refractivity contribution < 1.29 is 0 Å². The van der Waals surface area contributed by atoms with Crippen LogP contribution in [0.2, 0.25) is 6.55 Å². The number of hydrogen-bond donors (Lipinski definition) is 0. The molecule has 0 N–H and O–H groups in total. The van der Waals surface area contributed by atoms with Crippen molar-refractivity contribution in [2.24, 2.45) is 0 Å². The molecule has 0 unspecified atom stereocenters. The molecule has 4 rings (SSSR count). The van der Waals surface area contributed by atoms with Crippen molar-refractivity contribution in [1.29, 1.82) is 0 Å². The standard InChI is InChI=1S/C21H17SSi/c1-23(17-12-6-3-7-13-17)21-20(16-10-4-2-5-11-16)18-14-8-9-15-19(18)22-21/h2-15H,1H3. The van der Waals surface area contributed by atoms with Crippen LogP contribution in [0, 0.1) is 0 Å². The first kappa shape index (κ1) is 14.4. The van der Waals surface area contributed by atoms with Crippen LogP contribution in [-0.2, 0) is 0 Å². The molecule has 1 heterocycles. The van der Waals surface area contributed by atoms with E-state index in [0.29, 0.717) is 0 Å². The minimum atomic E-state index is -0.764. The maximum Gasteiger partial charge on any atom is 0.132 e. The number of thiophene rings is 1. The Kier molecular flexibility index (Phi) is 3.86. The molecule has 0 spiro atoms. The Bertz CT molecular complexity index is 926. The molecular weight excluding hydrogens is 312 g/mol. The quantitative estimate of drug-likeness (QED) is 0.473. The van der Waals surface area contributed by atoms with Gasteiger partial charge in [0.05, 0.1) is 0 Å². The zero-order valence-electron chi connectivity index (χ0n) is 13.0. The molecule has 4 aromatic rings. The number of hydrogen-bond acceptors (Lipinski definition) is 1. The lowest BCUT2D eigenvalue weighted by Crippen LogP contribution is -2.38. The highest BCUT2D eigenvalue weighted by molar-refractivity contribution is 7.31. The van der Waals surface area contributed by atoms with E-state index in [1.165, 1.54) is 26.4 Å². The van der Waals surface area contributed by atoms with E-state index < -0.39 is 8.80 Å². The Hall–Kier alpha value is -2.16. The lowest BCUT2D eigenvalue weighted by Gasteiger charge is -2.11. The highest BCUT2D eigenvalue weighted by Crippen LogP contribution is 2.32. The van der Waals surface area contributed by atoms with Crippen molar-refractivity contribution in [1.82, 2.24) is 0 Å². The molecule has 3 aromatic carbocycles. The van der Waals surface area contributed by atoms with Crippen LogP contribution in [0.3, 0.4) is 0 Å². The highest BCUT2D eigenvalue weighted by Gasteiger charge is 2.21. The smallest absolute Gasteiger partial charge is 0.132 e. The first-order valence-corrected chi connectivity index (χ1v) is 10.6. The molecule has 1 aromatic heterocycles. The molecule has 0 aliphatic rings. The summed E-state index contributed by atoms with van der Waals surface area (Å²) in [5, 5.41) is 2.86. The van der Waals surface area contributed by atoms with Crippen molar-refractivity contribution in [3.8, 4) is 11.1 Å². The molecule has 0 nitrogen and oxygen atoms in total. The molecule has 0 saturated heterocycles. The summed E-state index contributed by atoms with van der Waals surface area (Å²) in [6.45, 7) is 2.41. The average Bonchev–Trinajstić information content (AvgIpc) is 3.02. The molecule has 0 aliphatic heterocycles. The third-order valence-corrected chi connectivity index (χ3v) is 8.54. The predicted molar refractivity (Wildman–Crippen MR) is 105 cm³/mol. The average molecular weight is 330 g/mol. The Labute approximate surface area is 142 Å². The van der Waals surface area contributed by atoms with Gasteiger partial charge >= 0.3 is 0 Å². The van der Waals surface area contributed by atoms with Crippen LogP contribution in [0.4, 0.5) is 0 Å². The lowest BCUT2D eigenvalue weighted by atomic mass is 10.1. The van der Waals surface area contributed by atoms with E-state index in [0.717, 1.165) is 0 Å². The van der Waals surface area contributed by atoms with Crippen LogP contribution in [-0.4, -0.2) is 8.80 Å². The second kappa shape index (κ2) is 6.15. The van der Waals surface area contributed by atoms with Gasteiger partial charge in [-0.1, -0.05) is 90.6 Å². The topological polar surface area (TPSA) is 0 Å². The first-order chi connectivity index (χ1) is 11.3. The molecule has 0 bridgehead atoms. The van der Waals surface area contributed by atoms with Gasteiger partial charge in [-0.15, -0.1) is 11.3 Å². The molecule has 0 amide bonds. The summed E-state index contributed by atoms with van der Waals surface area (Å²) in [4.78, 5) is 0. The Balaban J connectivity index is 1.96. The van der Waals surface area contributed by atoms with Crippen LogP contribution in [0.1, 0.15) is 0 Å². The second-order valence-electron chi connectivity index (χ2n) is 5.66. The maximum atomic E-state index is 2.41. The van der Waals surface area contributed by atoms with Crippen LogP contribution >= 0.6 is 11.3 Å². The maximum absolute atomic E-state index is 2.41. The summed E-state index contributed by atoms with van der Waals surface area (Å²) in [6.07, 6.45) is 0. The van der Waals surface area contributed by atoms with Crippen molar-refractivity contribution in [3.05, 3.63) is 84.9 Å². The number of rotatable bonds is 3. The van der Waals surface area contributed by atoms with Gasteiger partial charge in [0.1, 0.15) is 8.80 Å². The number of fused-ring (bicyclic) bond motifs is 1. The van der Waals surface area contributed by atoms with E-state index in [1.807, 2.05) is 11.3 Å². The molecule has 111 valence electrons. The van der Waals surface area contributed by atoms with Gasteiger partial charge in [0.2, 0.25) is 0 Å². The minimum absolute atomic E-state index is 0.764. The van der Waals surface area contributed by atoms with Crippen molar-refractivity contribution in [3.63, 3.8) is 0 Å². The van der Waals surface area contributed by atoms with Crippen LogP contribution in [0.15, 0.2) is 84.9 Å². The zero-order chi connectivity index (χ0) is 15.6. The van der Waals surface area contributed by atoms with Crippen molar-refractivity contribution >= 4 is 39.9 Å². The fourth-order valence-corrected chi connectivity index (χ4v) is 6.90. The third kappa shape index (κ3) is 2.65.